The summed E-state index contributed by atoms with van der Waals surface area (Å²) in [5, 5.41) is 7.17. The summed E-state index contributed by atoms with van der Waals surface area (Å²) < 4.78 is 9.62. The summed E-state index contributed by atoms with van der Waals surface area (Å²) >= 11 is 5.87. The first kappa shape index (κ1) is 17.0. The normalized spacial score (nSPS) is 11.8. The van der Waals surface area contributed by atoms with Crippen molar-refractivity contribution in [2.75, 3.05) is 7.11 Å². The van der Waals surface area contributed by atoms with Crippen LogP contribution in [0.2, 0.25) is 5.02 Å². The molecule has 0 saturated carbocycles. The van der Waals surface area contributed by atoms with Crippen LogP contribution in [0, 0.1) is 6.92 Å². The van der Waals surface area contributed by atoms with Gasteiger partial charge in [-0.3, -0.25) is 9.59 Å². The van der Waals surface area contributed by atoms with Crippen molar-refractivity contribution < 1.29 is 18.8 Å². The monoisotopic (exact) mass is 336 g/mol. The predicted molar refractivity (Wildman–Crippen MR) is 83.9 cm³/mol. The third kappa shape index (κ3) is 5.10. The quantitative estimate of drug-likeness (QED) is 0.820. The second-order valence-corrected chi connectivity index (χ2v) is 5.49. The van der Waals surface area contributed by atoms with Gasteiger partial charge in [0.05, 0.1) is 31.7 Å². The van der Waals surface area contributed by atoms with E-state index in [4.69, 9.17) is 16.1 Å². The molecular weight excluding hydrogens is 320 g/mol. The Kier molecular flexibility index (Phi) is 5.76. The second kappa shape index (κ2) is 7.78. The molecule has 0 aliphatic heterocycles. The average Bonchev–Trinajstić information content (AvgIpc) is 2.92. The summed E-state index contributed by atoms with van der Waals surface area (Å²) in [5.41, 5.74) is 1.30. The molecule has 0 aliphatic rings. The highest BCUT2D eigenvalue weighted by Crippen LogP contribution is 2.20. The van der Waals surface area contributed by atoms with Crippen LogP contribution >= 0.6 is 11.6 Å². The van der Waals surface area contributed by atoms with Gasteiger partial charge in [0.2, 0.25) is 5.91 Å². The highest BCUT2D eigenvalue weighted by atomic mass is 35.5. The molecule has 2 aromatic rings. The SMILES string of the molecule is COC(=O)C[C@H](NC(=O)Cc1cc(C)on1)c1ccc(Cl)cc1. The summed E-state index contributed by atoms with van der Waals surface area (Å²) in [6, 6.07) is 8.12. The molecule has 122 valence electrons. The Morgan fingerprint density at radius 2 is 2.04 bits per heavy atom. The fraction of sp³-hybridized carbons (Fsp3) is 0.312. The lowest BCUT2D eigenvalue weighted by atomic mass is 10.0. The summed E-state index contributed by atoms with van der Waals surface area (Å²) in [4.78, 5) is 23.7. The number of ether oxygens (including phenoxy) is 1. The minimum Gasteiger partial charge on any atom is -0.469 e. The van der Waals surface area contributed by atoms with Crippen LogP contribution < -0.4 is 5.32 Å². The number of hydrogen-bond acceptors (Lipinski definition) is 5. The first-order chi connectivity index (χ1) is 11.0. The first-order valence-corrected chi connectivity index (χ1v) is 7.39. The van der Waals surface area contributed by atoms with Crippen LogP contribution in [0.15, 0.2) is 34.9 Å². The maximum Gasteiger partial charge on any atom is 0.307 e. The van der Waals surface area contributed by atoms with Gasteiger partial charge in [0.25, 0.3) is 0 Å². The second-order valence-electron chi connectivity index (χ2n) is 5.06. The Hall–Kier alpha value is -2.34. The Labute approximate surface area is 138 Å². The van der Waals surface area contributed by atoms with E-state index in [1.807, 2.05) is 0 Å². The van der Waals surface area contributed by atoms with E-state index in [1.165, 1.54) is 7.11 Å². The minimum atomic E-state index is -0.500. The van der Waals surface area contributed by atoms with Crippen molar-refractivity contribution in [1.82, 2.24) is 10.5 Å². The standard InChI is InChI=1S/C16H17ClN2O4/c1-10-7-13(19-23-10)8-15(20)18-14(9-16(21)22-2)11-3-5-12(17)6-4-11/h3-7,14H,8-9H2,1-2H3,(H,18,20)/t14-/m0/s1. The van der Waals surface area contributed by atoms with Crippen molar-refractivity contribution in [2.24, 2.45) is 0 Å². The number of hydrogen-bond donors (Lipinski definition) is 1. The molecule has 1 aromatic carbocycles. The van der Waals surface area contributed by atoms with Gasteiger partial charge in [-0.15, -0.1) is 0 Å². The number of esters is 1. The third-order valence-electron chi connectivity index (χ3n) is 3.22. The van der Waals surface area contributed by atoms with E-state index >= 15 is 0 Å². The molecule has 1 aromatic heterocycles. The van der Waals surface area contributed by atoms with Gasteiger partial charge in [0.15, 0.2) is 0 Å². The number of aryl methyl sites for hydroxylation is 1. The van der Waals surface area contributed by atoms with Crippen molar-refractivity contribution >= 4 is 23.5 Å². The van der Waals surface area contributed by atoms with E-state index < -0.39 is 12.0 Å². The number of aromatic nitrogens is 1. The van der Waals surface area contributed by atoms with E-state index in [0.29, 0.717) is 16.5 Å². The van der Waals surface area contributed by atoms with Crippen molar-refractivity contribution in [3.05, 3.63) is 52.4 Å². The molecule has 1 amide bonds. The van der Waals surface area contributed by atoms with E-state index in [9.17, 15) is 9.59 Å². The highest BCUT2D eigenvalue weighted by molar-refractivity contribution is 6.30. The smallest absolute Gasteiger partial charge is 0.307 e. The summed E-state index contributed by atoms with van der Waals surface area (Å²) in [6.07, 6.45) is 0.102. The van der Waals surface area contributed by atoms with Crippen LogP contribution in [0.25, 0.3) is 0 Å². The van der Waals surface area contributed by atoms with Crippen LogP contribution in [-0.4, -0.2) is 24.1 Å². The van der Waals surface area contributed by atoms with E-state index in [0.717, 1.165) is 5.56 Å². The molecular formula is C16H17ClN2O4. The molecule has 23 heavy (non-hydrogen) atoms. The van der Waals surface area contributed by atoms with Crippen molar-refractivity contribution in [3.8, 4) is 0 Å². The fourth-order valence-electron chi connectivity index (χ4n) is 2.11. The molecule has 1 atom stereocenters. The molecule has 2 rings (SSSR count). The van der Waals surface area contributed by atoms with Crippen LogP contribution in [0.5, 0.6) is 0 Å². The van der Waals surface area contributed by atoms with E-state index in [1.54, 1.807) is 37.3 Å². The maximum atomic E-state index is 12.2. The van der Waals surface area contributed by atoms with Crippen molar-refractivity contribution in [2.45, 2.75) is 25.8 Å². The zero-order valence-electron chi connectivity index (χ0n) is 12.8. The van der Waals surface area contributed by atoms with Crippen molar-refractivity contribution in [3.63, 3.8) is 0 Å². The van der Waals surface area contributed by atoms with Crippen LogP contribution in [-0.2, 0) is 20.7 Å². The number of nitrogens with one attached hydrogen (secondary N) is 1. The molecule has 1 heterocycles. The molecule has 6 nitrogen and oxygen atoms in total. The molecule has 0 fully saturated rings. The van der Waals surface area contributed by atoms with Crippen molar-refractivity contribution in [1.29, 1.82) is 0 Å². The van der Waals surface area contributed by atoms with Gasteiger partial charge in [0.1, 0.15) is 5.76 Å². The van der Waals surface area contributed by atoms with Crippen LogP contribution in [0.1, 0.15) is 29.5 Å². The number of nitrogens with zero attached hydrogens (tertiary/aromatic N) is 1. The van der Waals surface area contributed by atoms with Gasteiger partial charge in [-0.2, -0.15) is 0 Å². The average molecular weight is 337 g/mol. The number of carbonyl (C=O) groups excluding carboxylic acids is 2. The zero-order valence-corrected chi connectivity index (χ0v) is 13.6. The summed E-state index contributed by atoms with van der Waals surface area (Å²) in [5.74, 6) is -0.0405. The van der Waals surface area contributed by atoms with Gasteiger partial charge in [-0.05, 0) is 24.6 Å². The predicted octanol–water partition coefficient (Wildman–Crippen LogP) is 2.60. The molecule has 0 spiro atoms. The number of benzene rings is 1. The minimum absolute atomic E-state index is 0.0295. The lowest BCUT2D eigenvalue weighted by molar-refractivity contribution is -0.141. The molecule has 0 saturated heterocycles. The number of methoxy groups -OCH3 is 1. The van der Waals surface area contributed by atoms with Gasteiger partial charge < -0.3 is 14.6 Å². The summed E-state index contributed by atoms with van der Waals surface area (Å²) in [7, 11) is 1.31. The molecule has 0 unspecified atom stereocenters. The Bertz CT molecular complexity index is 682. The lowest BCUT2D eigenvalue weighted by Crippen LogP contribution is -2.31. The van der Waals surface area contributed by atoms with Gasteiger partial charge >= 0.3 is 5.97 Å². The topological polar surface area (TPSA) is 81.4 Å². The fourth-order valence-corrected chi connectivity index (χ4v) is 2.23. The van der Waals surface area contributed by atoms with E-state index in [2.05, 4.69) is 15.2 Å². The highest BCUT2D eigenvalue weighted by Gasteiger charge is 2.19. The largest absolute Gasteiger partial charge is 0.469 e. The molecule has 1 N–H and O–H groups in total. The maximum absolute atomic E-state index is 12.2. The first-order valence-electron chi connectivity index (χ1n) is 7.01. The molecule has 0 radical (unpaired) electrons. The Morgan fingerprint density at radius 1 is 1.35 bits per heavy atom. The summed E-state index contributed by atoms with van der Waals surface area (Å²) in [6.45, 7) is 1.75. The number of rotatable bonds is 6. The number of halogens is 1. The molecule has 0 bridgehead atoms. The van der Waals surface area contributed by atoms with Crippen LogP contribution in [0.4, 0.5) is 0 Å². The Morgan fingerprint density at radius 3 is 2.61 bits per heavy atom. The molecule has 0 aliphatic carbocycles. The zero-order chi connectivity index (χ0) is 16.8. The lowest BCUT2D eigenvalue weighted by Gasteiger charge is -2.18. The van der Waals surface area contributed by atoms with Gasteiger partial charge in [-0.1, -0.05) is 28.9 Å². The Balaban J connectivity index is 2.08. The van der Waals surface area contributed by atoms with E-state index in [-0.39, 0.29) is 18.7 Å². The number of amides is 1. The van der Waals surface area contributed by atoms with Gasteiger partial charge in [0, 0.05) is 11.1 Å². The molecule has 7 heteroatoms. The van der Waals surface area contributed by atoms with Gasteiger partial charge in [-0.25, -0.2) is 0 Å². The van der Waals surface area contributed by atoms with Crippen LogP contribution in [0.3, 0.4) is 0 Å². The number of carbonyl (C=O) groups is 2. The third-order valence-corrected chi connectivity index (χ3v) is 3.48.